The second kappa shape index (κ2) is 2.95. The second-order valence-corrected chi connectivity index (χ2v) is 3.34. The van der Waals surface area contributed by atoms with E-state index in [1.54, 1.807) is 11.6 Å². The van der Waals surface area contributed by atoms with Gasteiger partial charge in [-0.3, -0.25) is 4.68 Å². The minimum absolute atomic E-state index is 0.460. The summed E-state index contributed by atoms with van der Waals surface area (Å²) in [6.07, 6.45) is -0.460. The number of aryl methyl sites for hydroxylation is 1. The van der Waals surface area contributed by atoms with Crippen molar-refractivity contribution in [3.8, 4) is 0 Å². The Labute approximate surface area is 74.2 Å². The average molecular weight is 219 g/mol. The zero-order valence-electron chi connectivity index (χ0n) is 6.80. The first-order valence-electron chi connectivity index (χ1n) is 3.41. The first kappa shape index (κ1) is 8.74. The summed E-state index contributed by atoms with van der Waals surface area (Å²) in [5.41, 5.74) is 1.86. The van der Waals surface area contributed by atoms with E-state index in [1.807, 2.05) is 14.0 Å². The van der Waals surface area contributed by atoms with Crippen LogP contribution in [0.2, 0.25) is 0 Å². The highest BCUT2D eigenvalue weighted by molar-refractivity contribution is 9.10. The zero-order chi connectivity index (χ0) is 8.59. The highest BCUT2D eigenvalue weighted by atomic mass is 79.9. The number of aliphatic hydroxyl groups is 1. The number of nitrogens with zero attached hydrogens (tertiary/aromatic N) is 2. The quantitative estimate of drug-likeness (QED) is 0.777. The van der Waals surface area contributed by atoms with E-state index < -0.39 is 6.10 Å². The topological polar surface area (TPSA) is 38.1 Å². The SMILES string of the molecule is Cc1c(C(C)O)c(Br)nn1C. The van der Waals surface area contributed by atoms with Crippen LogP contribution in [0.4, 0.5) is 0 Å². The number of rotatable bonds is 1. The molecule has 0 aliphatic carbocycles. The van der Waals surface area contributed by atoms with Crippen molar-refractivity contribution in [2.75, 3.05) is 0 Å². The fourth-order valence-electron chi connectivity index (χ4n) is 1.06. The molecule has 1 rings (SSSR count). The van der Waals surface area contributed by atoms with Crippen molar-refractivity contribution < 1.29 is 5.11 Å². The number of hydrogen-bond donors (Lipinski definition) is 1. The van der Waals surface area contributed by atoms with E-state index in [2.05, 4.69) is 21.0 Å². The molecule has 0 radical (unpaired) electrons. The number of hydrogen-bond acceptors (Lipinski definition) is 2. The molecule has 11 heavy (non-hydrogen) atoms. The van der Waals surface area contributed by atoms with Gasteiger partial charge in [-0.1, -0.05) is 0 Å². The van der Waals surface area contributed by atoms with Crippen LogP contribution in [-0.2, 0) is 7.05 Å². The molecule has 1 aromatic heterocycles. The number of aromatic nitrogens is 2. The molecule has 0 saturated heterocycles. The molecule has 0 aliphatic rings. The Balaban J connectivity index is 3.22. The molecule has 62 valence electrons. The van der Waals surface area contributed by atoms with Crippen LogP contribution in [0, 0.1) is 6.92 Å². The van der Waals surface area contributed by atoms with Crippen molar-refractivity contribution in [1.29, 1.82) is 0 Å². The lowest BCUT2D eigenvalue weighted by Crippen LogP contribution is -1.96. The summed E-state index contributed by atoms with van der Waals surface area (Å²) in [6, 6.07) is 0. The van der Waals surface area contributed by atoms with Gasteiger partial charge in [0.25, 0.3) is 0 Å². The smallest absolute Gasteiger partial charge is 0.134 e. The zero-order valence-corrected chi connectivity index (χ0v) is 8.38. The maximum absolute atomic E-state index is 9.32. The molecular weight excluding hydrogens is 208 g/mol. The molecule has 0 saturated carbocycles. The molecule has 0 fully saturated rings. The lowest BCUT2D eigenvalue weighted by Gasteiger charge is -2.02. The van der Waals surface area contributed by atoms with Crippen LogP contribution in [0.5, 0.6) is 0 Å². The lowest BCUT2D eigenvalue weighted by atomic mass is 10.2. The van der Waals surface area contributed by atoms with Crippen molar-refractivity contribution in [1.82, 2.24) is 9.78 Å². The van der Waals surface area contributed by atoms with Crippen molar-refractivity contribution in [2.24, 2.45) is 7.05 Å². The van der Waals surface area contributed by atoms with Crippen LogP contribution in [0.15, 0.2) is 4.60 Å². The summed E-state index contributed by atoms with van der Waals surface area (Å²) in [5, 5.41) is 13.4. The van der Waals surface area contributed by atoms with Gasteiger partial charge in [0, 0.05) is 18.3 Å². The Morgan fingerprint density at radius 3 is 2.36 bits per heavy atom. The largest absolute Gasteiger partial charge is 0.389 e. The molecule has 0 aliphatic heterocycles. The Bertz CT molecular complexity index is 268. The van der Waals surface area contributed by atoms with Crippen LogP contribution in [0.25, 0.3) is 0 Å². The summed E-state index contributed by atoms with van der Waals surface area (Å²) in [4.78, 5) is 0. The third kappa shape index (κ3) is 1.46. The van der Waals surface area contributed by atoms with Gasteiger partial charge < -0.3 is 5.11 Å². The molecule has 1 aromatic rings. The predicted octanol–water partition coefficient (Wildman–Crippen LogP) is 1.54. The summed E-state index contributed by atoms with van der Waals surface area (Å²) >= 11 is 3.28. The van der Waals surface area contributed by atoms with Gasteiger partial charge in [0.1, 0.15) is 4.60 Å². The summed E-state index contributed by atoms with van der Waals surface area (Å²) in [7, 11) is 1.85. The van der Waals surface area contributed by atoms with Crippen molar-refractivity contribution in [3.63, 3.8) is 0 Å². The summed E-state index contributed by atoms with van der Waals surface area (Å²) in [6.45, 7) is 3.66. The molecular formula is C7H11BrN2O. The van der Waals surface area contributed by atoms with Gasteiger partial charge in [-0.2, -0.15) is 5.10 Å². The normalized spacial score (nSPS) is 13.5. The third-order valence-electron chi connectivity index (χ3n) is 1.75. The average Bonchev–Trinajstić information content (AvgIpc) is 2.07. The third-order valence-corrected chi connectivity index (χ3v) is 2.34. The Hall–Kier alpha value is -0.350. The maximum Gasteiger partial charge on any atom is 0.134 e. The van der Waals surface area contributed by atoms with Crippen LogP contribution < -0.4 is 0 Å². The monoisotopic (exact) mass is 218 g/mol. The second-order valence-electron chi connectivity index (χ2n) is 2.59. The van der Waals surface area contributed by atoms with Crippen molar-refractivity contribution >= 4 is 15.9 Å². The lowest BCUT2D eigenvalue weighted by molar-refractivity contribution is 0.197. The van der Waals surface area contributed by atoms with E-state index in [0.717, 1.165) is 15.9 Å². The van der Waals surface area contributed by atoms with Gasteiger partial charge in [-0.05, 0) is 29.8 Å². The Morgan fingerprint density at radius 1 is 1.64 bits per heavy atom. The Morgan fingerprint density at radius 2 is 2.18 bits per heavy atom. The van der Waals surface area contributed by atoms with Gasteiger partial charge in [0.2, 0.25) is 0 Å². The molecule has 0 aromatic carbocycles. The predicted molar refractivity (Wildman–Crippen MR) is 46.3 cm³/mol. The molecule has 0 spiro atoms. The van der Waals surface area contributed by atoms with Crippen LogP contribution in [-0.4, -0.2) is 14.9 Å². The maximum atomic E-state index is 9.32. The molecule has 1 N–H and O–H groups in total. The molecule has 1 unspecified atom stereocenters. The van der Waals surface area contributed by atoms with Crippen LogP contribution in [0.3, 0.4) is 0 Å². The first-order chi connectivity index (χ1) is 5.04. The highest BCUT2D eigenvalue weighted by Gasteiger charge is 2.14. The van der Waals surface area contributed by atoms with E-state index in [0.29, 0.717) is 0 Å². The molecule has 1 heterocycles. The summed E-state index contributed by atoms with van der Waals surface area (Å²) in [5.74, 6) is 0. The van der Waals surface area contributed by atoms with Crippen molar-refractivity contribution in [3.05, 3.63) is 15.9 Å². The van der Waals surface area contributed by atoms with Gasteiger partial charge in [-0.15, -0.1) is 0 Å². The molecule has 3 nitrogen and oxygen atoms in total. The van der Waals surface area contributed by atoms with Crippen molar-refractivity contribution in [2.45, 2.75) is 20.0 Å². The van der Waals surface area contributed by atoms with E-state index in [9.17, 15) is 5.11 Å². The first-order valence-corrected chi connectivity index (χ1v) is 4.20. The standard InChI is InChI=1S/C7H11BrN2O/c1-4-6(5(2)11)7(8)9-10(4)3/h5,11H,1-3H3. The van der Waals surface area contributed by atoms with Gasteiger partial charge in [0.15, 0.2) is 0 Å². The van der Waals surface area contributed by atoms with Crippen LogP contribution in [0.1, 0.15) is 24.3 Å². The van der Waals surface area contributed by atoms with Gasteiger partial charge in [0.05, 0.1) is 6.10 Å². The highest BCUT2D eigenvalue weighted by Crippen LogP contribution is 2.24. The van der Waals surface area contributed by atoms with Gasteiger partial charge in [-0.25, -0.2) is 0 Å². The molecule has 0 bridgehead atoms. The molecule has 1 atom stereocenters. The number of aliphatic hydroxyl groups excluding tert-OH is 1. The van der Waals surface area contributed by atoms with Gasteiger partial charge >= 0.3 is 0 Å². The minimum Gasteiger partial charge on any atom is -0.389 e. The fourth-order valence-corrected chi connectivity index (χ4v) is 1.91. The van der Waals surface area contributed by atoms with E-state index in [1.165, 1.54) is 0 Å². The van der Waals surface area contributed by atoms with Crippen LogP contribution >= 0.6 is 15.9 Å². The number of halogens is 1. The van der Waals surface area contributed by atoms with E-state index in [-0.39, 0.29) is 0 Å². The van der Waals surface area contributed by atoms with E-state index >= 15 is 0 Å². The molecule has 4 heteroatoms. The summed E-state index contributed by atoms with van der Waals surface area (Å²) < 4.78 is 2.47. The van der Waals surface area contributed by atoms with E-state index in [4.69, 9.17) is 0 Å². The Kier molecular flexibility index (Phi) is 2.34. The fraction of sp³-hybridized carbons (Fsp3) is 0.571. The molecule has 0 amide bonds. The minimum atomic E-state index is -0.460.